The summed E-state index contributed by atoms with van der Waals surface area (Å²) in [5.74, 6) is 1.83. The van der Waals surface area contributed by atoms with E-state index < -0.39 is 5.54 Å². The van der Waals surface area contributed by atoms with E-state index in [9.17, 15) is 0 Å². The molecule has 1 saturated carbocycles. The molecule has 1 heterocycles. The summed E-state index contributed by atoms with van der Waals surface area (Å²) in [4.78, 5) is 4.53. The Morgan fingerprint density at radius 2 is 2.10 bits per heavy atom. The molecule has 2 unspecified atom stereocenters. The van der Waals surface area contributed by atoms with Crippen LogP contribution in [0.2, 0.25) is 0 Å². The van der Waals surface area contributed by atoms with Gasteiger partial charge in [-0.3, -0.25) is 0 Å². The monoisotopic (exact) mass is 383 g/mol. The molecule has 0 spiro atoms. The van der Waals surface area contributed by atoms with E-state index in [1.165, 1.54) is 9.99 Å². The normalized spacial score (nSPS) is 26.6. The highest BCUT2D eigenvalue weighted by molar-refractivity contribution is 14.1. The molecule has 0 amide bonds. The summed E-state index contributed by atoms with van der Waals surface area (Å²) in [5.41, 5.74) is 7.01. The van der Waals surface area contributed by atoms with Crippen LogP contribution in [0, 0.1) is 9.49 Å². The molecule has 1 aliphatic carbocycles. The Morgan fingerprint density at radius 3 is 2.80 bits per heavy atom. The summed E-state index contributed by atoms with van der Waals surface area (Å²) in [6.07, 6.45) is 4.23. The quantitative estimate of drug-likeness (QED) is 0.804. The molecule has 1 aromatic heterocycles. The molecule has 5 heteroatoms. The average Bonchev–Trinajstić information content (AvgIpc) is 2.90. The molecule has 0 saturated heterocycles. The average molecular weight is 383 g/mol. The molecule has 0 bridgehead atoms. The number of nitrogens with two attached hydrogens (primary N) is 1. The maximum Gasteiger partial charge on any atom is 0.257 e. The lowest BCUT2D eigenvalue weighted by atomic mass is 9.76. The van der Waals surface area contributed by atoms with Crippen LogP contribution in [-0.2, 0) is 5.54 Å². The second-order valence-electron chi connectivity index (χ2n) is 5.79. The standard InChI is InChI=1S/C15H18IN3O/c1-10-3-2-8-15(17,9-10)14-18-13(20-19-14)11-4-6-12(16)7-5-11/h4-7,10H,2-3,8-9,17H2,1H3. The van der Waals surface area contributed by atoms with Gasteiger partial charge in [0.1, 0.15) is 0 Å². The van der Waals surface area contributed by atoms with E-state index >= 15 is 0 Å². The van der Waals surface area contributed by atoms with Gasteiger partial charge in [0.15, 0.2) is 5.82 Å². The fourth-order valence-electron chi connectivity index (χ4n) is 2.93. The SMILES string of the molecule is CC1CCCC(N)(c2noc(-c3ccc(I)cc3)n2)C1. The Hall–Kier alpha value is -0.950. The highest BCUT2D eigenvalue weighted by Gasteiger charge is 2.37. The second kappa shape index (κ2) is 5.44. The molecule has 1 fully saturated rings. The van der Waals surface area contributed by atoms with Crippen molar-refractivity contribution in [2.24, 2.45) is 11.7 Å². The summed E-state index contributed by atoms with van der Waals surface area (Å²) in [6.45, 7) is 2.24. The first-order valence-electron chi connectivity index (χ1n) is 6.96. The summed E-state index contributed by atoms with van der Waals surface area (Å²) < 4.78 is 6.58. The van der Waals surface area contributed by atoms with E-state index in [-0.39, 0.29) is 0 Å². The van der Waals surface area contributed by atoms with Crippen LogP contribution in [0.15, 0.2) is 28.8 Å². The Kier molecular flexibility index (Phi) is 3.81. The van der Waals surface area contributed by atoms with Crippen LogP contribution >= 0.6 is 22.6 Å². The number of aromatic nitrogens is 2. The van der Waals surface area contributed by atoms with E-state index in [1.54, 1.807) is 0 Å². The number of hydrogen-bond acceptors (Lipinski definition) is 4. The van der Waals surface area contributed by atoms with Crippen LogP contribution in [0.25, 0.3) is 11.5 Å². The van der Waals surface area contributed by atoms with Gasteiger partial charge < -0.3 is 10.3 Å². The molecule has 2 atom stereocenters. The van der Waals surface area contributed by atoms with Crippen LogP contribution in [0.4, 0.5) is 0 Å². The molecule has 0 aliphatic heterocycles. The van der Waals surface area contributed by atoms with Crippen molar-refractivity contribution in [3.8, 4) is 11.5 Å². The number of hydrogen-bond donors (Lipinski definition) is 1. The van der Waals surface area contributed by atoms with Crippen molar-refractivity contribution < 1.29 is 4.52 Å². The zero-order chi connectivity index (χ0) is 14.2. The molecular weight excluding hydrogens is 365 g/mol. The van der Waals surface area contributed by atoms with Gasteiger partial charge in [0.2, 0.25) is 0 Å². The van der Waals surface area contributed by atoms with Gasteiger partial charge in [0.25, 0.3) is 5.89 Å². The van der Waals surface area contributed by atoms with Gasteiger partial charge in [-0.2, -0.15) is 4.98 Å². The van der Waals surface area contributed by atoms with Gasteiger partial charge in [0, 0.05) is 9.13 Å². The van der Waals surface area contributed by atoms with E-state index in [0.717, 1.165) is 24.8 Å². The van der Waals surface area contributed by atoms with Gasteiger partial charge in [-0.1, -0.05) is 24.9 Å². The fraction of sp³-hybridized carbons (Fsp3) is 0.467. The van der Waals surface area contributed by atoms with E-state index in [1.807, 2.05) is 24.3 Å². The Bertz CT molecular complexity index is 595. The first-order chi connectivity index (χ1) is 9.57. The summed E-state index contributed by atoms with van der Waals surface area (Å²) in [5, 5.41) is 4.13. The summed E-state index contributed by atoms with van der Waals surface area (Å²) in [7, 11) is 0. The molecule has 1 aromatic carbocycles. The Morgan fingerprint density at radius 1 is 1.35 bits per heavy atom. The first kappa shape index (κ1) is 14.0. The minimum atomic E-state index is -0.428. The molecule has 2 aromatic rings. The van der Waals surface area contributed by atoms with E-state index in [0.29, 0.717) is 17.6 Å². The number of rotatable bonds is 2. The van der Waals surface area contributed by atoms with Crippen molar-refractivity contribution in [3.05, 3.63) is 33.7 Å². The third-order valence-corrected chi connectivity index (χ3v) is 4.71. The summed E-state index contributed by atoms with van der Waals surface area (Å²) >= 11 is 2.27. The van der Waals surface area contributed by atoms with Gasteiger partial charge in [-0.25, -0.2) is 0 Å². The largest absolute Gasteiger partial charge is 0.334 e. The topological polar surface area (TPSA) is 64.9 Å². The molecule has 20 heavy (non-hydrogen) atoms. The minimum Gasteiger partial charge on any atom is -0.334 e. The predicted octanol–water partition coefficient (Wildman–Crippen LogP) is 3.71. The van der Waals surface area contributed by atoms with E-state index in [2.05, 4.69) is 39.7 Å². The van der Waals surface area contributed by atoms with Crippen molar-refractivity contribution >= 4 is 22.6 Å². The van der Waals surface area contributed by atoms with Gasteiger partial charge >= 0.3 is 0 Å². The molecule has 3 rings (SSSR count). The lowest BCUT2D eigenvalue weighted by molar-refractivity contribution is 0.222. The van der Waals surface area contributed by atoms with Crippen molar-refractivity contribution in [2.75, 3.05) is 0 Å². The van der Waals surface area contributed by atoms with Crippen molar-refractivity contribution in [2.45, 2.75) is 38.1 Å². The third-order valence-electron chi connectivity index (χ3n) is 4.00. The molecule has 106 valence electrons. The maximum atomic E-state index is 6.50. The minimum absolute atomic E-state index is 0.428. The second-order valence-corrected chi connectivity index (χ2v) is 7.03. The molecule has 1 aliphatic rings. The fourth-order valence-corrected chi connectivity index (χ4v) is 3.29. The number of benzene rings is 1. The zero-order valence-electron chi connectivity index (χ0n) is 11.5. The number of halogens is 1. The zero-order valence-corrected chi connectivity index (χ0v) is 13.6. The smallest absolute Gasteiger partial charge is 0.257 e. The highest BCUT2D eigenvalue weighted by atomic mass is 127. The lowest BCUT2D eigenvalue weighted by Crippen LogP contribution is -2.42. The molecule has 4 nitrogen and oxygen atoms in total. The van der Waals surface area contributed by atoms with Crippen molar-refractivity contribution in [3.63, 3.8) is 0 Å². The summed E-state index contributed by atoms with van der Waals surface area (Å²) in [6, 6.07) is 8.04. The first-order valence-corrected chi connectivity index (χ1v) is 8.04. The van der Waals surface area contributed by atoms with Crippen molar-refractivity contribution in [1.82, 2.24) is 10.1 Å². The highest BCUT2D eigenvalue weighted by Crippen LogP contribution is 2.37. The molecule has 2 N–H and O–H groups in total. The van der Waals surface area contributed by atoms with Gasteiger partial charge in [0.05, 0.1) is 5.54 Å². The lowest BCUT2D eigenvalue weighted by Gasteiger charge is -2.33. The van der Waals surface area contributed by atoms with Crippen LogP contribution in [0.1, 0.15) is 38.4 Å². The third kappa shape index (κ3) is 2.74. The van der Waals surface area contributed by atoms with Gasteiger partial charge in [-0.05, 0) is 65.6 Å². The van der Waals surface area contributed by atoms with Crippen LogP contribution < -0.4 is 5.73 Å². The van der Waals surface area contributed by atoms with Gasteiger partial charge in [-0.15, -0.1) is 0 Å². The number of nitrogens with zero attached hydrogens (tertiary/aromatic N) is 2. The maximum absolute atomic E-state index is 6.50. The molecular formula is C15H18IN3O. The van der Waals surface area contributed by atoms with Crippen LogP contribution in [0.5, 0.6) is 0 Å². The molecule has 0 radical (unpaired) electrons. The Labute approximate surface area is 132 Å². The van der Waals surface area contributed by atoms with Crippen LogP contribution in [-0.4, -0.2) is 10.1 Å². The van der Waals surface area contributed by atoms with Crippen molar-refractivity contribution in [1.29, 1.82) is 0 Å². The predicted molar refractivity (Wildman–Crippen MR) is 85.9 cm³/mol. The van der Waals surface area contributed by atoms with Crippen LogP contribution in [0.3, 0.4) is 0 Å². The van der Waals surface area contributed by atoms with E-state index in [4.69, 9.17) is 10.3 Å². The Balaban J connectivity index is 1.88.